The second kappa shape index (κ2) is 8.90. The molecular weight excluding hydrogens is 406 g/mol. The molecular formula is C24H27N5O3. The minimum Gasteiger partial charge on any atom is -0.361 e. The lowest BCUT2D eigenvalue weighted by Crippen LogP contribution is -2.54. The third-order valence-corrected chi connectivity index (χ3v) is 5.93. The number of rotatable bonds is 5. The van der Waals surface area contributed by atoms with Crippen molar-refractivity contribution < 1.29 is 14.1 Å². The monoisotopic (exact) mass is 433 g/mol. The van der Waals surface area contributed by atoms with Crippen LogP contribution >= 0.6 is 0 Å². The number of hydrogen-bond donors (Lipinski definition) is 0. The van der Waals surface area contributed by atoms with E-state index >= 15 is 0 Å². The second-order valence-electron chi connectivity index (χ2n) is 8.62. The quantitative estimate of drug-likeness (QED) is 0.614. The Morgan fingerprint density at radius 1 is 1.19 bits per heavy atom. The molecule has 1 saturated heterocycles. The molecule has 3 aromatic rings. The molecule has 0 radical (unpaired) electrons. The Bertz CT molecular complexity index is 1090. The molecule has 3 heterocycles. The van der Waals surface area contributed by atoms with Gasteiger partial charge in [-0.25, -0.2) is 4.98 Å². The van der Waals surface area contributed by atoms with Gasteiger partial charge in [0.15, 0.2) is 0 Å². The molecule has 1 fully saturated rings. The summed E-state index contributed by atoms with van der Waals surface area (Å²) >= 11 is 0. The smallest absolute Gasteiger partial charge is 0.274 e. The van der Waals surface area contributed by atoms with Gasteiger partial charge >= 0.3 is 0 Å². The molecule has 1 aliphatic rings. The first-order valence-electron chi connectivity index (χ1n) is 10.7. The summed E-state index contributed by atoms with van der Waals surface area (Å²) in [6.07, 6.45) is 6.22. The highest BCUT2D eigenvalue weighted by molar-refractivity contribution is 5.93. The molecule has 4 rings (SSSR count). The van der Waals surface area contributed by atoms with Crippen LogP contribution in [0.25, 0.3) is 11.3 Å². The van der Waals surface area contributed by atoms with Gasteiger partial charge in [-0.05, 0) is 19.8 Å². The van der Waals surface area contributed by atoms with Crippen molar-refractivity contribution in [3.8, 4) is 11.3 Å². The second-order valence-corrected chi connectivity index (χ2v) is 8.62. The van der Waals surface area contributed by atoms with Crippen molar-refractivity contribution in [3.63, 3.8) is 0 Å². The van der Waals surface area contributed by atoms with Crippen molar-refractivity contribution in [2.45, 2.75) is 26.2 Å². The van der Waals surface area contributed by atoms with Crippen LogP contribution in [0, 0.1) is 12.3 Å². The minimum atomic E-state index is -0.788. The van der Waals surface area contributed by atoms with Crippen LogP contribution in [0.15, 0.2) is 53.4 Å². The highest BCUT2D eigenvalue weighted by Gasteiger charge is 2.45. The van der Waals surface area contributed by atoms with Crippen LogP contribution < -0.4 is 0 Å². The molecule has 32 heavy (non-hydrogen) atoms. The third-order valence-electron chi connectivity index (χ3n) is 5.93. The van der Waals surface area contributed by atoms with E-state index in [0.29, 0.717) is 38.1 Å². The van der Waals surface area contributed by atoms with Gasteiger partial charge in [-0.3, -0.25) is 14.6 Å². The number of amides is 2. The van der Waals surface area contributed by atoms with Crippen LogP contribution in [0.2, 0.25) is 0 Å². The minimum absolute atomic E-state index is 0.0255. The summed E-state index contributed by atoms with van der Waals surface area (Å²) in [5.41, 5.74) is 2.35. The summed E-state index contributed by atoms with van der Waals surface area (Å²) in [4.78, 5) is 37.8. The van der Waals surface area contributed by atoms with Gasteiger partial charge in [-0.15, -0.1) is 0 Å². The molecule has 1 aliphatic heterocycles. The molecule has 1 unspecified atom stereocenters. The van der Waals surface area contributed by atoms with Crippen LogP contribution in [0.1, 0.15) is 34.7 Å². The zero-order chi connectivity index (χ0) is 22.7. The van der Waals surface area contributed by atoms with Crippen LogP contribution in [0.3, 0.4) is 0 Å². The molecule has 1 atom stereocenters. The average molecular weight is 434 g/mol. The number of piperidine rings is 1. The molecule has 0 aliphatic carbocycles. The summed E-state index contributed by atoms with van der Waals surface area (Å²) < 4.78 is 5.64. The number of aryl methyl sites for hydroxylation is 1. The SMILES string of the molecule is Cc1ccc(-c2cc(CC3(C(=O)N(C)C)CCCN(C(=O)c4cnccn4)C3)on2)cc1. The van der Waals surface area contributed by atoms with Crippen molar-refractivity contribution in [1.29, 1.82) is 0 Å². The third kappa shape index (κ3) is 4.39. The normalized spacial score (nSPS) is 18.4. The highest BCUT2D eigenvalue weighted by atomic mass is 16.5. The topological polar surface area (TPSA) is 92.4 Å². The Morgan fingerprint density at radius 3 is 2.66 bits per heavy atom. The highest BCUT2D eigenvalue weighted by Crippen LogP contribution is 2.36. The summed E-state index contributed by atoms with van der Waals surface area (Å²) in [6.45, 7) is 2.90. The Kier molecular flexibility index (Phi) is 6.03. The first-order valence-corrected chi connectivity index (χ1v) is 10.7. The molecule has 8 heteroatoms. The summed E-state index contributed by atoms with van der Waals surface area (Å²) in [6, 6.07) is 9.94. The van der Waals surface area contributed by atoms with Crippen LogP contribution in [0.5, 0.6) is 0 Å². The summed E-state index contributed by atoms with van der Waals surface area (Å²) in [5.74, 6) is 0.388. The Balaban J connectivity index is 1.60. The summed E-state index contributed by atoms with van der Waals surface area (Å²) in [5, 5.41) is 4.22. The van der Waals surface area contributed by atoms with Gasteiger partial charge in [-0.2, -0.15) is 0 Å². The fourth-order valence-corrected chi connectivity index (χ4v) is 4.34. The Morgan fingerprint density at radius 2 is 1.97 bits per heavy atom. The largest absolute Gasteiger partial charge is 0.361 e. The summed E-state index contributed by atoms with van der Waals surface area (Å²) in [7, 11) is 3.48. The molecule has 0 spiro atoms. The maximum Gasteiger partial charge on any atom is 0.274 e. The van der Waals surface area contributed by atoms with Gasteiger partial charge in [0.05, 0.1) is 11.6 Å². The van der Waals surface area contributed by atoms with Crippen molar-refractivity contribution in [2.24, 2.45) is 5.41 Å². The van der Waals surface area contributed by atoms with Crippen LogP contribution in [-0.4, -0.2) is 63.9 Å². The average Bonchev–Trinajstić information content (AvgIpc) is 3.27. The first kappa shape index (κ1) is 21.7. The number of aromatic nitrogens is 3. The van der Waals surface area contributed by atoms with E-state index in [0.717, 1.165) is 11.3 Å². The van der Waals surface area contributed by atoms with Gasteiger partial charge in [-0.1, -0.05) is 35.0 Å². The predicted molar refractivity (Wildman–Crippen MR) is 119 cm³/mol. The molecule has 0 bridgehead atoms. The molecule has 2 amide bonds. The number of carbonyl (C=O) groups is 2. The molecule has 2 aromatic heterocycles. The van der Waals surface area contributed by atoms with E-state index < -0.39 is 5.41 Å². The van der Waals surface area contributed by atoms with E-state index in [2.05, 4.69) is 15.1 Å². The molecule has 0 N–H and O–H groups in total. The fraction of sp³-hybridized carbons (Fsp3) is 0.375. The number of likely N-dealkylation sites (tertiary alicyclic amines) is 1. The van der Waals surface area contributed by atoms with Gasteiger partial charge in [0.25, 0.3) is 5.91 Å². The van der Waals surface area contributed by atoms with Gasteiger partial charge < -0.3 is 14.3 Å². The standard InChI is InChI=1S/C24H27N5O3/c1-17-5-7-18(8-6-17)20-13-19(32-27-20)14-24(23(31)28(2)3)9-4-12-29(16-24)22(30)21-15-25-10-11-26-21/h5-8,10-11,13,15H,4,9,12,14,16H2,1-3H3. The van der Waals surface area contributed by atoms with E-state index in [4.69, 9.17) is 4.52 Å². The maximum absolute atomic E-state index is 13.3. The zero-order valence-corrected chi connectivity index (χ0v) is 18.6. The zero-order valence-electron chi connectivity index (χ0n) is 18.6. The molecule has 166 valence electrons. The van der Waals surface area contributed by atoms with Crippen molar-refractivity contribution in [1.82, 2.24) is 24.9 Å². The molecule has 0 saturated carbocycles. The van der Waals surface area contributed by atoms with Crippen LogP contribution in [0.4, 0.5) is 0 Å². The van der Waals surface area contributed by atoms with E-state index in [1.807, 2.05) is 37.3 Å². The lowest BCUT2D eigenvalue weighted by molar-refractivity contribution is -0.142. The van der Waals surface area contributed by atoms with Crippen molar-refractivity contribution in [2.75, 3.05) is 27.2 Å². The van der Waals surface area contributed by atoms with Crippen molar-refractivity contribution in [3.05, 3.63) is 65.9 Å². The number of hydrogen-bond acceptors (Lipinski definition) is 6. The number of benzene rings is 1. The lowest BCUT2D eigenvalue weighted by atomic mass is 9.75. The molecule has 8 nitrogen and oxygen atoms in total. The predicted octanol–water partition coefficient (Wildman–Crippen LogP) is 2.99. The van der Waals surface area contributed by atoms with Crippen LogP contribution in [-0.2, 0) is 11.2 Å². The fourth-order valence-electron chi connectivity index (χ4n) is 4.34. The van der Waals surface area contributed by atoms with E-state index in [9.17, 15) is 9.59 Å². The van der Waals surface area contributed by atoms with E-state index in [1.54, 1.807) is 23.9 Å². The van der Waals surface area contributed by atoms with E-state index in [1.165, 1.54) is 24.2 Å². The first-order chi connectivity index (χ1) is 15.4. The number of nitrogens with zero attached hydrogens (tertiary/aromatic N) is 5. The Labute approximate surface area is 187 Å². The van der Waals surface area contributed by atoms with Gasteiger partial charge in [0.2, 0.25) is 5.91 Å². The lowest BCUT2D eigenvalue weighted by Gasteiger charge is -2.42. The number of carbonyl (C=O) groups excluding carboxylic acids is 2. The maximum atomic E-state index is 13.3. The van der Waals surface area contributed by atoms with Gasteiger partial charge in [0, 0.05) is 57.6 Å². The van der Waals surface area contributed by atoms with E-state index in [-0.39, 0.29) is 17.5 Å². The Hall–Kier alpha value is -3.55. The van der Waals surface area contributed by atoms with Crippen molar-refractivity contribution >= 4 is 11.8 Å². The molecule has 1 aromatic carbocycles. The van der Waals surface area contributed by atoms with Gasteiger partial charge in [0.1, 0.15) is 17.1 Å².